The molecule has 146 valence electrons. The minimum absolute atomic E-state index is 0.372. The zero-order valence-electron chi connectivity index (χ0n) is 15.2. The zero-order chi connectivity index (χ0) is 18.1. The van der Waals surface area contributed by atoms with Gasteiger partial charge in [0.2, 0.25) is 0 Å². The molecule has 0 spiro atoms. The molecule has 0 aromatic heterocycles. The van der Waals surface area contributed by atoms with Gasteiger partial charge in [-0.1, -0.05) is 13.3 Å². The molecule has 0 aromatic rings. The molecule has 1 atom stereocenters. The maximum Gasteiger partial charge on any atom is 0.263 e. The van der Waals surface area contributed by atoms with Gasteiger partial charge in [-0.15, -0.1) is 0 Å². The topological polar surface area (TPSA) is 88.1 Å². The van der Waals surface area contributed by atoms with Crippen LogP contribution in [0.5, 0.6) is 0 Å². The van der Waals surface area contributed by atoms with Crippen molar-refractivity contribution in [3.05, 3.63) is 0 Å². The van der Waals surface area contributed by atoms with Crippen LogP contribution in [0.1, 0.15) is 51.9 Å². The molecule has 1 amide bonds. The molecule has 0 aliphatic carbocycles. The second-order valence-corrected chi connectivity index (χ2v) is 8.72. The number of nitrogens with one attached hydrogen (secondary N) is 1. The van der Waals surface area contributed by atoms with Gasteiger partial charge in [-0.05, 0) is 44.4 Å². The van der Waals surface area contributed by atoms with Crippen molar-refractivity contribution in [2.24, 2.45) is 5.92 Å². The van der Waals surface area contributed by atoms with Crippen molar-refractivity contribution < 1.29 is 23.7 Å². The van der Waals surface area contributed by atoms with Crippen LogP contribution in [0, 0.1) is 5.92 Å². The largest absolute Gasteiger partial charge is 0.381 e. The van der Waals surface area contributed by atoms with Gasteiger partial charge in [-0.3, -0.25) is 10.0 Å². The molecule has 0 bridgehead atoms. The quantitative estimate of drug-likeness (QED) is 0.363. The van der Waals surface area contributed by atoms with E-state index in [0.29, 0.717) is 45.1 Å². The molecule has 2 aliphatic rings. The highest BCUT2D eigenvalue weighted by molar-refractivity contribution is 7.85. The minimum Gasteiger partial charge on any atom is -0.381 e. The molecule has 25 heavy (non-hydrogen) atoms. The van der Waals surface area contributed by atoms with Crippen LogP contribution >= 0.6 is 0 Å². The van der Waals surface area contributed by atoms with E-state index in [1.54, 1.807) is 5.48 Å². The first-order valence-corrected chi connectivity index (χ1v) is 10.5. The number of piperidine rings is 1. The van der Waals surface area contributed by atoms with Crippen molar-refractivity contribution in [3.63, 3.8) is 0 Å². The fourth-order valence-corrected chi connectivity index (χ4v) is 5.25. The van der Waals surface area contributed by atoms with E-state index in [4.69, 9.17) is 14.7 Å². The van der Waals surface area contributed by atoms with Crippen molar-refractivity contribution in [3.8, 4) is 0 Å². The Kier molecular flexibility index (Phi) is 8.78. The van der Waals surface area contributed by atoms with Crippen molar-refractivity contribution in [2.75, 3.05) is 39.5 Å². The minimum atomic E-state index is -1.46. The number of nitrogens with zero attached hydrogens (tertiary/aromatic N) is 1. The predicted molar refractivity (Wildman–Crippen MR) is 95.5 cm³/mol. The number of amides is 1. The van der Waals surface area contributed by atoms with Gasteiger partial charge in [-0.2, -0.15) is 0 Å². The third kappa shape index (κ3) is 5.47. The van der Waals surface area contributed by atoms with Crippen LogP contribution in [-0.4, -0.2) is 63.9 Å². The first-order chi connectivity index (χ1) is 12.1. The Morgan fingerprint density at radius 1 is 1.32 bits per heavy atom. The average molecular weight is 377 g/mol. The SMILES string of the molecule is CCCCOCCC1CCN(S(=O)C2(C(=O)NO)CCOCC2)CC1. The zero-order valence-corrected chi connectivity index (χ0v) is 16.0. The molecule has 7 nitrogen and oxygen atoms in total. The highest BCUT2D eigenvalue weighted by atomic mass is 32.2. The van der Waals surface area contributed by atoms with Crippen molar-refractivity contribution in [1.29, 1.82) is 0 Å². The van der Waals surface area contributed by atoms with E-state index in [9.17, 15) is 9.00 Å². The predicted octanol–water partition coefficient (Wildman–Crippen LogP) is 1.62. The van der Waals surface area contributed by atoms with Gasteiger partial charge < -0.3 is 9.47 Å². The first-order valence-electron chi connectivity index (χ1n) is 9.41. The molecule has 2 aliphatic heterocycles. The van der Waals surface area contributed by atoms with Crippen LogP contribution in [0.2, 0.25) is 0 Å². The van der Waals surface area contributed by atoms with Crippen molar-refractivity contribution >= 4 is 16.9 Å². The molecule has 0 radical (unpaired) electrons. The highest BCUT2D eigenvalue weighted by Crippen LogP contribution is 2.32. The normalized spacial score (nSPS) is 23.3. The Hall–Kier alpha value is -0.540. The Balaban J connectivity index is 1.82. The lowest BCUT2D eigenvalue weighted by atomic mass is 9.95. The summed E-state index contributed by atoms with van der Waals surface area (Å²) in [6.45, 7) is 6.00. The van der Waals surface area contributed by atoms with Gasteiger partial charge in [0, 0.05) is 39.5 Å². The maximum absolute atomic E-state index is 13.1. The van der Waals surface area contributed by atoms with E-state index < -0.39 is 21.6 Å². The van der Waals surface area contributed by atoms with Gasteiger partial charge in [0.25, 0.3) is 5.91 Å². The standard InChI is InChI=1S/C17H32N2O5S/c1-2-3-11-23-12-6-15-4-9-19(10-5-15)25(22)17(16(20)18-21)7-13-24-14-8-17/h15,21H,2-14H2,1H3,(H,18,20). The second-order valence-electron chi connectivity index (χ2n) is 6.92. The highest BCUT2D eigenvalue weighted by Gasteiger charge is 2.48. The molecule has 2 saturated heterocycles. The Bertz CT molecular complexity index is 435. The smallest absolute Gasteiger partial charge is 0.263 e. The van der Waals surface area contributed by atoms with Crippen molar-refractivity contribution in [1.82, 2.24) is 9.79 Å². The summed E-state index contributed by atoms with van der Waals surface area (Å²) in [4.78, 5) is 12.2. The maximum atomic E-state index is 13.1. The van der Waals surface area contributed by atoms with Crippen LogP contribution in [0.25, 0.3) is 0 Å². The summed E-state index contributed by atoms with van der Waals surface area (Å²) >= 11 is 0. The Morgan fingerprint density at radius 3 is 2.60 bits per heavy atom. The molecule has 2 heterocycles. The monoisotopic (exact) mass is 376 g/mol. The van der Waals surface area contributed by atoms with Gasteiger partial charge in [0.1, 0.15) is 15.7 Å². The fourth-order valence-electron chi connectivity index (χ4n) is 3.49. The number of rotatable bonds is 9. The van der Waals surface area contributed by atoms with Crippen LogP contribution in [0.4, 0.5) is 0 Å². The number of hydroxylamine groups is 1. The van der Waals surface area contributed by atoms with Gasteiger partial charge >= 0.3 is 0 Å². The van der Waals surface area contributed by atoms with Crippen LogP contribution < -0.4 is 5.48 Å². The second kappa shape index (κ2) is 10.6. The molecular formula is C17H32N2O5S. The number of ether oxygens (including phenoxy) is 2. The molecule has 0 aromatic carbocycles. The molecule has 2 rings (SSSR count). The van der Waals surface area contributed by atoms with E-state index in [2.05, 4.69) is 6.92 Å². The number of hydrogen-bond acceptors (Lipinski definition) is 5. The molecule has 1 unspecified atom stereocenters. The fraction of sp³-hybridized carbons (Fsp3) is 0.941. The van der Waals surface area contributed by atoms with Crippen molar-refractivity contribution in [2.45, 2.75) is 56.6 Å². The Morgan fingerprint density at radius 2 is 2.00 bits per heavy atom. The lowest BCUT2D eigenvalue weighted by molar-refractivity contribution is -0.134. The van der Waals surface area contributed by atoms with Crippen LogP contribution in [-0.2, 0) is 25.3 Å². The summed E-state index contributed by atoms with van der Waals surface area (Å²) in [5.74, 6) is 0.0350. The lowest BCUT2D eigenvalue weighted by Crippen LogP contribution is -2.57. The summed E-state index contributed by atoms with van der Waals surface area (Å²) < 4.78 is 24.9. The molecule has 2 N–H and O–H groups in total. The average Bonchev–Trinajstić information content (AvgIpc) is 2.67. The number of hydrogen-bond donors (Lipinski definition) is 2. The first kappa shape index (κ1) is 20.8. The number of carbonyl (C=O) groups is 1. The number of carbonyl (C=O) groups excluding carboxylic acids is 1. The Labute approximate surface area is 153 Å². The van der Waals surface area contributed by atoms with E-state index in [1.165, 1.54) is 0 Å². The van der Waals surface area contributed by atoms with E-state index in [0.717, 1.165) is 45.3 Å². The summed E-state index contributed by atoms with van der Waals surface area (Å²) in [5.41, 5.74) is 1.72. The molecule has 0 saturated carbocycles. The van der Waals surface area contributed by atoms with Gasteiger partial charge in [0.15, 0.2) is 0 Å². The molecule has 2 fully saturated rings. The lowest BCUT2D eigenvalue weighted by Gasteiger charge is -2.40. The summed E-state index contributed by atoms with van der Waals surface area (Å²) in [6, 6.07) is 0. The van der Waals surface area contributed by atoms with Gasteiger partial charge in [-0.25, -0.2) is 14.0 Å². The third-order valence-electron chi connectivity index (χ3n) is 5.27. The number of unbranched alkanes of at least 4 members (excludes halogenated alkanes) is 1. The summed E-state index contributed by atoms with van der Waals surface area (Å²) in [6.07, 6.45) is 5.98. The van der Waals surface area contributed by atoms with E-state index >= 15 is 0 Å². The third-order valence-corrected chi connectivity index (χ3v) is 7.37. The van der Waals surface area contributed by atoms with Crippen LogP contribution in [0.3, 0.4) is 0 Å². The van der Waals surface area contributed by atoms with E-state index in [1.807, 2.05) is 4.31 Å². The van der Waals surface area contributed by atoms with Gasteiger partial charge in [0.05, 0.1) is 0 Å². The summed E-state index contributed by atoms with van der Waals surface area (Å²) in [5, 5.41) is 9.09. The van der Waals surface area contributed by atoms with E-state index in [-0.39, 0.29) is 0 Å². The summed E-state index contributed by atoms with van der Waals surface area (Å²) in [7, 11) is -1.46. The van der Waals surface area contributed by atoms with Crippen LogP contribution in [0.15, 0.2) is 0 Å². The molecule has 8 heteroatoms. The molecular weight excluding hydrogens is 344 g/mol.